The van der Waals surface area contributed by atoms with Crippen molar-refractivity contribution in [1.29, 1.82) is 0 Å². The summed E-state index contributed by atoms with van der Waals surface area (Å²) in [7, 11) is 0. The third kappa shape index (κ3) is 4.70. The number of aromatic nitrogens is 1. The van der Waals surface area contributed by atoms with Crippen LogP contribution in [0, 0.1) is 6.92 Å². The maximum Gasteiger partial charge on any atom is 0.257 e. The Kier molecular flexibility index (Phi) is 5.47. The summed E-state index contributed by atoms with van der Waals surface area (Å²) < 4.78 is 5.19. The van der Waals surface area contributed by atoms with Crippen LogP contribution in [0.2, 0.25) is 0 Å². The van der Waals surface area contributed by atoms with Gasteiger partial charge in [0.05, 0.1) is 17.0 Å². The molecule has 0 bridgehead atoms. The molecule has 0 saturated carbocycles. The van der Waals surface area contributed by atoms with E-state index < -0.39 is 5.91 Å². The van der Waals surface area contributed by atoms with Gasteiger partial charge in [0.2, 0.25) is 0 Å². The quantitative estimate of drug-likeness (QED) is 0.705. The predicted octanol–water partition coefficient (Wildman–Crippen LogP) is 3.17. The SMILES string of the molecule is Cc1nc(-c2ccccc2)ccc1C(=O)Nc1ccc(OCC(N)=O)cc1. The molecule has 2 aromatic carbocycles. The second-order valence-corrected chi connectivity index (χ2v) is 5.93. The lowest BCUT2D eigenvalue weighted by molar-refractivity contribution is -0.119. The second-order valence-electron chi connectivity index (χ2n) is 5.93. The molecular weight excluding hydrogens is 342 g/mol. The van der Waals surface area contributed by atoms with Gasteiger partial charge in [-0.2, -0.15) is 0 Å². The number of ether oxygens (including phenoxy) is 1. The first-order chi connectivity index (χ1) is 13.0. The highest BCUT2D eigenvalue weighted by atomic mass is 16.5. The van der Waals surface area contributed by atoms with E-state index >= 15 is 0 Å². The number of rotatable bonds is 6. The van der Waals surface area contributed by atoms with E-state index in [1.54, 1.807) is 30.3 Å². The molecule has 0 saturated heterocycles. The van der Waals surface area contributed by atoms with Gasteiger partial charge in [-0.25, -0.2) is 0 Å². The largest absolute Gasteiger partial charge is 0.484 e. The second kappa shape index (κ2) is 8.14. The fourth-order valence-electron chi connectivity index (χ4n) is 2.56. The average molecular weight is 361 g/mol. The predicted molar refractivity (Wildman–Crippen MR) is 103 cm³/mol. The number of carbonyl (C=O) groups is 2. The number of nitrogens with two attached hydrogens (primary N) is 1. The van der Waals surface area contributed by atoms with Crippen LogP contribution in [0.15, 0.2) is 66.7 Å². The van der Waals surface area contributed by atoms with Crippen LogP contribution >= 0.6 is 0 Å². The van der Waals surface area contributed by atoms with Gasteiger partial charge in [-0.3, -0.25) is 14.6 Å². The summed E-state index contributed by atoms with van der Waals surface area (Å²) in [6.07, 6.45) is 0. The molecule has 3 rings (SSSR count). The van der Waals surface area contributed by atoms with Gasteiger partial charge in [0.25, 0.3) is 11.8 Å². The van der Waals surface area contributed by atoms with E-state index in [1.165, 1.54) is 0 Å². The summed E-state index contributed by atoms with van der Waals surface area (Å²) in [4.78, 5) is 27.8. The first-order valence-electron chi connectivity index (χ1n) is 8.38. The molecule has 0 aliphatic rings. The summed E-state index contributed by atoms with van der Waals surface area (Å²) in [6, 6.07) is 20.1. The van der Waals surface area contributed by atoms with E-state index in [-0.39, 0.29) is 12.5 Å². The van der Waals surface area contributed by atoms with E-state index in [0.717, 1.165) is 11.3 Å². The zero-order valence-electron chi connectivity index (χ0n) is 14.8. The van der Waals surface area contributed by atoms with Crippen LogP contribution in [0.4, 0.5) is 5.69 Å². The molecule has 2 amide bonds. The van der Waals surface area contributed by atoms with Gasteiger partial charge in [0.15, 0.2) is 6.61 Å². The highest BCUT2D eigenvalue weighted by molar-refractivity contribution is 6.05. The van der Waals surface area contributed by atoms with Gasteiger partial charge in [-0.05, 0) is 43.3 Å². The number of carbonyl (C=O) groups excluding carboxylic acids is 2. The number of nitrogens with one attached hydrogen (secondary N) is 1. The first-order valence-corrected chi connectivity index (χ1v) is 8.38. The van der Waals surface area contributed by atoms with Crippen LogP contribution in [0.3, 0.4) is 0 Å². The maximum absolute atomic E-state index is 12.5. The Morgan fingerprint density at radius 3 is 2.33 bits per heavy atom. The molecule has 0 aliphatic heterocycles. The highest BCUT2D eigenvalue weighted by Gasteiger charge is 2.12. The summed E-state index contributed by atoms with van der Waals surface area (Å²) in [5, 5.41) is 2.82. The van der Waals surface area contributed by atoms with Crippen molar-refractivity contribution >= 4 is 17.5 Å². The Hall–Kier alpha value is -3.67. The fraction of sp³-hybridized carbons (Fsp3) is 0.0952. The Balaban J connectivity index is 1.70. The highest BCUT2D eigenvalue weighted by Crippen LogP contribution is 2.20. The molecule has 6 nitrogen and oxygen atoms in total. The molecule has 0 fully saturated rings. The topological polar surface area (TPSA) is 94.3 Å². The van der Waals surface area contributed by atoms with Gasteiger partial charge in [0.1, 0.15) is 5.75 Å². The normalized spacial score (nSPS) is 10.3. The molecule has 0 aliphatic carbocycles. The van der Waals surface area contributed by atoms with E-state index in [0.29, 0.717) is 22.7 Å². The standard InChI is InChI=1S/C21H19N3O3/c1-14-18(11-12-19(23-14)15-5-3-2-4-6-15)21(26)24-16-7-9-17(10-8-16)27-13-20(22)25/h2-12H,13H2,1H3,(H2,22,25)(H,24,26). The van der Waals surface area contributed by atoms with Crippen molar-refractivity contribution in [3.8, 4) is 17.0 Å². The minimum atomic E-state index is -0.547. The number of pyridine rings is 1. The molecule has 6 heteroatoms. The number of primary amides is 1. The van der Waals surface area contributed by atoms with Crippen molar-refractivity contribution in [2.75, 3.05) is 11.9 Å². The average Bonchev–Trinajstić information content (AvgIpc) is 2.68. The van der Waals surface area contributed by atoms with Crippen molar-refractivity contribution in [1.82, 2.24) is 4.98 Å². The Morgan fingerprint density at radius 2 is 1.70 bits per heavy atom. The lowest BCUT2D eigenvalue weighted by Gasteiger charge is -2.10. The zero-order valence-corrected chi connectivity index (χ0v) is 14.8. The maximum atomic E-state index is 12.5. The van der Waals surface area contributed by atoms with Gasteiger partial charge in [-0.1, -0.05) is 30.3 Å². The first kappa shape index (κ1) is 18.1. The lowest BCUT2D eigenvalue weighted by Crippen LogP contribution is -2.20. The molecule has 0 atom stereocenters. The summed E-state index contributed by atoms with van der Waals surface area (Å²) >= 11 is 0. The van der Waals surface area contributed by atoms with Crippen molar-refractivity contribution in [2.24, 2.45) is 5.73 Å². The molecule has 0 radical (unpaired) electrons. The molecule has 0 unspecified atom stereocenters. The van der Waals surface area contributed by atoms with Crippen LogP contribution < -0.4 is 15.8 Å². The molecule has 1 aromatic heterocycles. The van der Waals surface area contributed by atoms with Crippen LogP contribution in [0.5, 0.6) is 5.75 Å². The van der Waals surface area contributed by atoms with Crippen molar-refractivity contribution in [3.05, 3.63) is 78.0 Å². The minimum Gasteiger partial charge on any atom is -0.484 e. The number of hydrogen-bond acceptors (Lipinski definition) is 4. The molecule has 0 spiro atoms. The minimum absolute atomic E-state index is 0.190. The Morgan fingerprint density at radius 1 is 1.00 bits per heavy atom. The van der Waals surface area contributed by atoms with Crippen molar-refractivity contribution in [3.63, 3.8) is 0 Å². The van der Waals surface area contributed by atoms with Crippen molar-refractivity contribution in [2.45, 2.75) is 6.92 Å². The summed E-state index contributed by atoms with van der Waals surface area (Å²) in [6.45, 7) is 1.62. The van der Waals surface area contributed by atoms with Gasteiger partial charge in [-0.15, -0.1) is 0 Å². The monoisotopic (exact) mass is 361 g/mol. The Labute approximate surface area is 157 Å². The van der Waals surface area contributed by atoms with E-state index in [1.807, 2.05) is 43.3 Å². The summed E-state index contributed by atoms with van der Waals surface area (Å²) in [5.74, 6) is -0.295. The molecule has 27 heavy (non-hydrogen) atoms. The number of benzene rings is 2. The van der Waals surface area contributed by atoms with E-state index in [4.69, 9.17) is 10.5 Å². The van der Waals surface area contributed by atoms with Crippen LogP contribution in [-0.2, 0) is 4.79 Å². The van der Waals surface area contributed by atoms with Crippen molar-refractivity contribution < 1.29 is 14.3 Å². The third-order valence-corrected chi connectivity index (χ3v) is 3.89. The van der Waals surface area contributed by atoms with Crippen LogP contribution in [-0.4, -0.2) is 23.4 Å². The number of hydrogen-bond donors (Lipinski definition) is 2. The molecule has 3 aromatic rings. The van der Waals surface area contributed by atoms with E-state index in [9.17, 15) is 9.59 Å². The molecule has 3 N–H and O–H groups in total. The summed E-state index contributed by atoms with van der Waals surface area (Å²) in [5.41, 5.74) is 8.62. The third-order valence-electron chi connectivity index (χ3n) is 3.89. The van der Waals surface area contributed by atoms with Gasteiger partial charge in [0, 0.05) is 11.3 Å². The number of aryl methyl sites for hydroxylation is 1. The van der Waals surface area contributed by atoms with Gasteiger partial charge < -0.3 is 15.8 Å². The Bertz CT molecular complexity index is 954. The zero-order chi connectivity index (χ0) is 19.2. The number of nitrogens with zero attached hydrogens (tertiary/aromatic N) is 1. The smallest absolute Gasteiger partial charge is 0.257 e. The molecule has 136 valence electrons. The molecular formula is C21H19N3O3. The number of amides is 2. The number of anilines is 1. The van der Waals surface area contributed by atoms with Gasteiger partial charge >= 0.3 is 0 Å². The fourth-order valence-corrected chi connectivity index (χ4v) is 2.56. The lowest BCUT2D eigenvalue weighted by atomic mass is 10.1. The van der Waals surface area contributed by atoms with Crippen LogP contribution in [0.1, 0.15) is 16.1 Å². The molecule has 1 heterocycles. The van der Waals surface area contributed by atoms with Crippen LogP contribution in [0.25, 0.3) is 11.3 Å². The van der Waals surface area contributed by atoms with E-state index in [2.05, 4.69) is 10.3 Å².